The molecule has 0 aliphatic carbocycles. The van der Waals surface area contributed by atoms with E-state index in [0.29, 0.717) is 5.75 Å². The minimum Gasteiger partial charge on any atom is -0.504 e. The van der Waals surface area contributed by atoms with Crippen LogP contribution in [-0.2, 0) is 6.54 Å². The summed E-state index contributed by atoms with van der Waals surface area (Å²) in [5.41, 5.74) is 1.15. The van der Waals surface area contributed by atoms with E-state index in [9.17, 15) is 5.11 Å². The fraction of sp³-hybridized carbons (Fsp3) is 0.600. The number of phenolic OH excluding ortho intramolecular Hbond substituents is 1. The minimum atomic E-state index is 0.231. The fourth-order valence-electron chi connectivity index (χ4n) is 2.64. The Bertz CT molecular complexity index is 403. The topological polar surface area (TPSA) is 32.7 Å². The summed E-state index contributed by atoms with van der Waals surface area (Å²) >= 11 is 0. The van der Waals surface area contributed by atoms with Crippen molar-refractivity contribution in [1.82, 2.24) is 4.90 Å². The van der Waals surface area contributed by atoms with Crippen LogP contribution in [0.3, 0.4) is 0 Å². The summed E-state index contributed by atoms with van der Waals surface area (Å²) in [5, 5.41) is 9.76. The molecule has 0 aromatic heterocycles. The number of nitrogens with zero attached hydrogens (tertiary/aromatic N) is 1. The molecule has 18 heavy (non-hydrogen) atoms. The zero-order valence-corrected chi connectivity index (χ0v) is 11.5. The summed E-state index contributed by atoms with van der Waals surface area (Å²) < 4.78 is 5.05. The van der Waals surface area contributed by atoms with Crippen molar-refractivity contribution >= 4 is 0 Å². The Labute approximate surface area is 109 Å². The van der Waals surface area contributed by atoms with Gasteiger partial charge < -0.3 is 9.84 Å². The molecule has 0 saturated carbocycles. The summed E-state index contributed by atoms with van der Waals surface area (Å²) in [6.45, 7) is 7.85. The van der Waals surface area contributed by atoms with Gasteiger partial charge in [-0.3, -0.25) is 4.90 Å². The molecule has 0 bridgehead atoms. The number of ether oxygens (including phenoxy) is 1. The average molecular weight is 249 g/mol. The van der Waals surface area contributed by atoms with Crippen molar-refractivity contribution < 1.29 is 9.84 Å². The smallest absolute Gasteiger partial charge is 0.160 e. The van der Waals surface area contributed by atoms with Gasteiger partial charge in [-0.25, -0.2) is 0 Å². The van der Waals surface area contributed by atoms with Crippen molar-refractivity contribution in [2.24, 2.45) is 11.8 Å². The average Bonchev–Trinajstić information content (AvgIpc) is 2.78. The molecule has 0 spiro atoms. The fourth-order valence-corrected chi connectivity index (χ4v) is 2.64. The number of hydrogen-bond acceptors (Lipinski definition) is 3. The molecule has 1 atom stereocenters. The van der Waals surface area contributed by atoms with Gasteiger partial charge in [0.15, 0.2) is 11.5 Å². The molecule has 100 valence electrons. The monoisotopic (exact) mass is 249 g/mol. The first-order valence-corrected chi connectivity index (χ1v) is 6.68. The quantitative estimate of drug-likeness (QED) is 0.890. The SMILES string of the molecule is COc1ccc(CN2CCC(C(C)C)C2)cc1O. The number of likely N-dealkylation sites (tertiary alicyclic amines) is 1. The molecule has 1 heterocycles. The maximum absolute atomic E-state index is 9.76. The Balaban J connectivity index is 1.96. The third-order valence-corrected chi connectivity index (χ3v) is 3.90. The standard InChI is InChI=1S/C15H23NO2/c1-11(2)13-6-7-16(10-13)9-12-4-5-15(18-3)14(17)8-12/h4-5,8,11,13,17H,6-7,9-10H2,1-3H3. The maximum atomic E-state index is 9.76. The zero-order valence-electron chi connectivity index (χ0n) is 11.5. The van der Waals surface area contributed by atoms with Crippen molar-refractivity contribution in [3.8, 4) is 11.5 Å². The van der Waals surface area contributed by atoms with E-state index < -0.39 is 0 Å². The van der Waals surface area contributed by atoms with Crippen molar-refractivity contribution in [2.45, 2.75) is 26.8 Å². The van der Waals surface area contributed by atoms with Crippen molar-refractivity contribution in [2.75, 3.05) is 20.2 Å². The Kier molecular flexibility index (Phi) is 4.12. The van der Waals surface area contributed by atoms with E-state index in [-0.39, 0.29) is 5.75 Å². The third-order valence-electron chi connectivity index (χ3n) is 3.90. The van der Waals surface area contributed by atoms with Crippen LogP contribution in [0.1, 0.15) is 25.8 Å². The summed E-state index contributed by atoms with van der Waals surface area (Å²) in [5.74, 6) is 2.35. The van der Waals surface area contributed by atoms with E-state index >= 15 is 0 Å². The lowest BCUT2D eigenvalue weighted by Crippen LogP contribution is -2.21. The first-order chi connectivity index (χ1) is 8.60. The molecule has 1 unspecified atom stereocenters. The van der Waals surface area contributed by atoms with Crippen LogP contribution in [0.4, 0.5) is 0 Å². The second-order valence-corrected chi connectivity index (χ2v) is 5.53. The van der Waals surface area contributed by atoms with E-state index in [1.165, 1.54) is 13.0 Å². The van der Waals surface area contributed by atoms with E-state index in [1.54, 1.807) is 7.11 Å². The lowest BCUT2D eigenvalue weighted by molar-refractivity contribution is 0.296. The first kappa shape index (κ1) is 13.2. The molecule has 1 saturated heterocycles. The molecule has 2 rings (SSSR count). The second kappa shape index (κ2) is 5.61. The van der Waals surface area contributed by atoms with Crippen molar-refractivity contribution in [3.63, 3.8) is 0 Å². The highest BCUT2D eigenvalue weighted by molar-refractivity contribution is 5.41. The second-order valence-electron chi connectivity index (χ2n) is 5.53. The van der Waals surface area contributed by atoms with E-state index in [2.05, 4.69) is 18.7 Å². The first-order valence-electron chi connectivity index (χ1n) is 6.68. The molecule has 1 aliphatic heterocycles. The summed E-state index contributed by atoms with van der Waals surface area (Å²) in [6.07, 6.45) is 1.29. The van der Waals surface area contributed by atoms with Gasteiger partial charge in [-0.05, 0) is 42.5 Å². The molecule has 1 aromatic carbocycles. The molecular formula is C15H23NO2. The van der Waals surface area contributed by atoms with Gasteiger partial charge in [-0.1, -0.05) is 19.9 Å². The molecular weight excluding hydrogens is 226 g/mol. The molecule has 3 nitrogen and oxygen atoms in total. The number of methoxy groups -OCH3 is 1. The van der Waals surface area contributed by atoms with Gasteiger partial charge in [0.1, 0.15) is 0 Å². The Morgan fingerprint density at radius 2 is 2.22 bits per heavy atom. The normalized spacial score (nSPS) is 20.6. The Hall–Kier alpha value is -1.22. The van der Waals surface area contributed by atoms with E-state index in [1.807, 2.05) is 18.2 Å². The van der Waals surface area contributed by atoms with Crippen molar-refractivity contribution in [3.05, 3.63) is 23.8 Å². The van der Waals surface area contributed by atoms with Gasteiger partial charge in [-0.15, -0.1) is 0 Å². The van der Waals surface area contributed by atoms with Crippen LogP contribution in [0, 0.1) is 11.8 Å². The predicted molar refractivity (Wildman–Crippen MR) is 72.9 cm³/mol. The number of rotatable bonds is 4. The van der Waals surface area contributed by atoms with Gasteiger partial charge in [-0.2, -0.15) is 0 Å². The van der Waals surface area contributed by atoms with Crippen LogP contribution in [0.2, 0.25) is 0 Å². The number of benzene rings is 1. The van der Waals surface area contributed by atoms with E-state index in [4.69, 9.17) is 4.74 Å². The summed E-state index contributed by atoms with van der Waals surface area (Å²) in [6, 6.07) is 5.67. The van der Waals surface area contributed by atoms with Crippen molar-refractivity contribution in [1.29, 1.82) is 0 Å². The third kappa shape index (κ3) is 2.96. The van der Waals surface area contributed by atoms with Crippen LogP contribution < -0.4 is 4.74 Å². The largest absolute Gasteiger partial charge is 0.504 e. The zero-order chi connectivity index (χ0) is 13.1. The Morgan fingerprint density at radius 1 is 1.44 bits per heavy atom. The number of hydrogen-bond donors (Lipinski definition) is 1. The van der Waals surface area contributed by atoms with Gasteiger partial charge in [0.25, 0.3) is 0 Å². The van der Waals surface area contributed by atoms with E-state index in [0.717, 1.165) is 30.5 Å². The Morgan fingerprint density at radius 3 is 2.78 bits per heavy atom. The van der Waals surface area contributed by atoms with Gasteiger partial charge in [0.2, 0.25) is 0 Å². The number of phenols is 1. The summed E-state index contributed by atoms with van der Waals surface area (Å²) in [4.78, 5) is 2.46. The molecule has 0 amide bonds. The highest BCUT2D eigenvalue weighted by Gasteiger charge is 2.24. The molecule has 1 N–H and O–H groups in total. The molecule has 1 fully saturated rings. The van der Waals surface area contributed by atoms with Crippen LogP contribution in [0.5, 0.6) is 11.5 Å². The van der Waals surface area contributed by atoms with Crippen LogP contribution in [0.25, 0.3) is 0 Å². The molecule has 1 aromatic rings. The van der Waals surface area contributed by atoms with Crippen LogP contribution in [-0.4, -0.2) is 30.2 Å². The maximum Gasteiger partial charge on any atom is 0.160 e. The molecule has 1 aliphatic rings. The molecule has 0 radical (unpaired) electrons. The highest BCUT2D eigenvalue weighted by Crippen LogP contribution is 2.29. The lowest BCUT2D eigenvalue weighted by atomic mass is 9.95. The number of aromatic hydroxyl groups is 1. The lowest BCUT2D eigenvalue weighted by Gasteiger charge is -2.18. The van der Waals surface area contributed by atoms with Gasteiger partial charge in [0.05, 0.1) is 7.11 Å². The molecule has 3 heteroatoms. The summed E-state index contributed by atoms with van der Waals surface area (Å²) in [7, 11) is 1.57. The minimum absolute atomic E-state index is 0.231. The highest BCUT2D eigenvalue weighted by atomic mass is 16.5. The van der Waals surface area contributed by atoms with Gasteiger partial charge >= 0.3 is 0 Å². The van der Waals surface area contributed by atoms with Crippen LogP contribution >= 0.6 is 0 Å². The van der Waals surface area contributed by atoms with Crippen LogP contribution in [0.15, 0.2) is 18.2 Å². The predicted octanol–water partition coefficient (Wildman–Crippen LogP) is 2.88. The van der Waals surface area contributed by atoms with Gasteiger partial charge in [0, 0.05) is 13.1 Å².